The number of aryl methyl sites for hydroxylation is 1. The minimum Gasteiger partial charge on any atom is -0.870 e. The Hall–Kier alpha value is -6.94. The van der Waals surface area contributed by atoms with Crippen molar-refractivity contribution in [2.45, 2.75) is 228 Å². The maximum Gasteiger partial charge on any atom is 1.00 e. The van der Waals surface area contributed by atoms with Gasteiger partial charge in [0.25, 0.3) is 5.91 Å². The number of carboxylic acids is 1. The van der Waals surface area contributed by atoms with Gasteiger partial charge in [0.2, 0.25) is 11.8 Å². The molecule has 0 aliphatic heterocycles. The zero-order valence-electron chi connectivity index (χ0n) is 78.6. The van der Waals surface area contributed by atoms with Crippen molar-refractivity contribution in [3.63, 3.8) is 0 Å². The van der Waals surface area contributed by atoms with E-state index >= 15 is 0 Å². The quantitative estimate of drug-likeness (QED) is 0.0104. The van der Waals surface area contributed by atoms with Gasteiger partial charge in [-0.1, -0.05) is 66.6 Å². The number of aromatic hydroxyl groups is 1. The second kappa shape index (κ2) is 53.7. The molecule has 29 heteroatoms. The summed E-state index contributed by atoms with van der Waals surface area (Å²) in [6.45, 7) is 10.1. The Morgan fingerprint density at radius 1 is 0.394 bits per heavy atom. The van der Waals surface area contributed by atoms with Crippen molar-refractivity contribution in [1.29, 1.82) is 0 Å². The van der Waals surface area contributed by atoms with Crippen molar-refractivity contribution in [3.05, 3.63) is 131 Å². The number of nitrogens with one attached hydrogen (secondary N) is 3. The summed E-state index contributed by atoms with van der Waals surface area (Å²) in [7, 11) is 0. The summed E-state index contributed by atoms with van der Waals surface area (Å²) < 4.78 is 67.2. The van der Waals surface area contributed by atoms with Crippen molar-refractivity contribution >= 4 is 41.3 Å². The molecule has 16 saturated carbocycles. The number of esters is 1. The molecule has 726 valence electrons. The molecule has 16 aliphatic carbocycles. The number of rotatable bonds is 52. The topological polar surface area (TPSA) is 365 Å². The van der Waals surface area contributed by atoms with Gasteiger partial charge >= 0.3 is 30.8 Å². The van der Waals surface area contributed by atoms with Gasteiger partial charge in [-0.25, -0.2) is 14.3 Å². The Kier molecular flexibility index (Phi) is 42.9. The fourth-order valence-corrected chi connectivity index (χ4v) is 26.3. The van der Waals surface area contributed by atoms with Crippen LogP contribution >= 0.6 is 11.6 Å². The van der Waals surface area contributed by atoms with E-state index < -0.39 is 5.97 Å². The Bertz CT molecular complexity index is 4100. The maximum atomic E-state index is 12.3. The van der Waals surface area contributed by atoms with Gasteiger partial charge < -0.3 is 94.0 Å². The number of unbranched alkanes of at least 4 members (excludes halogenated alkanes) is 3. The van der Waals surface area contributed by atoms with Crippen LogP contribution in [0, 0.1) is 71.0 Å². The van der Waals surface area contributed by atoms with Crippen LogP contribution in [0.5, 0.6) is 23.0 Å². The van der Waals surface area contributed by atoms with Gasteiger partial charge in [-0.3, -0.25) is 14.4 Å². The Morgan fingerprint density at radius 3 is 1.07 bits per heavy atom. The molecule has 0 spiro atoms. The maximum absolute atomic E-state index is 12.3. The molecule has 16 aliphatic rings. The van der Waals surface area contributed by atoms with Crippen LogP contribution in [-0.2, 0) is 101 Å². The van der Waals surface area contributed by atoms with Crippen LogP contribution in [0.25, 0.3) is 0 Å². The number of phenolic OH excluding ortho intramolecular Hbond substituents is 1. The molecule has 0 unspecified atom stereocenters. The van der Waals surface area contributed by atoms with Crippen LogP contribution in [0.15, 0.2) is 103 Å². The van der Waals surface area contributed by atoms with Crippen molar-refractivity contribution in [2.24, 2.45) is 71.0 Å². The molecule has 5 aromatic rings. The summed E-state index contributed by atoms with van der Waals surface area (Å²) in [5, 5.41) is 34.8. The van der Waals surface area contributed by atoms with E-state index in [1.54, 1.807) is 11.6 Å². The Labute approximate surface area is 798 Å². The van der Waals surface area contributed by atoms with Crippen molar-refractivity contribution < 1.29 is 121 Å². The number of carbonyl (C=O) groups is 5. The third-order valence-electron chi connectivity index (χ3n) is 30.1. The normalized spacial score (nSPS) is 27.3. The molecule has 16 fully saturated rings. The van der Waals surface area contributed by atoms with E-state index in [0.29, 0.717) is 171 Å². The molecule has 0 radical (unpaired) electrons. The fourth-order valence-electron chi connectivity index (χ4n) is 26.1. The second-order valence-electron chi connectivity index (χ2n) is 39.9. The molecule has 16 bridgehead atoms. The molecule has 21 rings (SSSR count). The monoisotopic (exact) mass is 1850 g/mol. The van der Waals surface area contributed by atoms with Crippen LogP contribution in [0.1, 0.15) is 221 Å². The minimum atomic E-state index is -0.930. The van der Waals surface area contributed by atoms with E-state index in [1.165, 1.54) is 176 Å². The summed E-state index contributed by atoms with van der Waals surface area (Å²) in [5.41, 5.74) is 8.28. The van der Waals surface area contributed by atoms with E-state index in [9.17, 15) is 29.1 Å². The van der Waals surface area contributed by atoms with Gasteiger partial charge in [0, 0.05) is 51.2 Å². The molecule has 27 nitrogen and oxygen atoms in total. The predicted molar refractivity (Wildman–Crippen MR) is 496 cm³/mol. The van der Waals surface area contributed by atoms with E-state index in [4.69, 9.17) is 73.5 Å². The minimum absolute atomic E-state index is 0. The Morgan fingerprint density at radius 2 is 0.705 bits per heavy atom. The number of aromatic nitrogens is 3. The average Bonchev–Trinajstić information content (AvgIpc) is 0.774. The molecule has 1 heterocycles. The molecule has 3 amide bonds. The van der Waals surface area contributed by atoms with Crippen LogP contribution in [0.3, 0.4) is 0 Å². The fraction of sp³-hybridized carbons (Fsp3) is 0.699. The van der Waals surface area contributed by atoms with Gasteiger partial charge in [-0.2, -0.15) is 0 Å². The number of nitrogens with zero attached hydrogens (tertiary/aromatic N) is 3. The smallest absolute Gasteiger partial charge is 0.870 e. The zero-order chi connectivity index (χ0) is 89.5. The number of halogens is 1. The summed E-state index contributed by atoms with van der Waals surface area (Å²) >= 11 is 5.66. The molecule has 1 aromatic heterocycles. The Balaban J connectivity index is 0.000000208. The first-order valence-corrected chi connectivity index (χ1v) is 49.7. The van der Waals surface area contributed by atoms with Crippen LogP contribution in [0.2, 0.25) is 0 Å². The van der Waals surface area contributed by atoms with E-state index in [2.05, 4.69) is 74.8 Å². The number of carbonyl (C=O) groups excluding carboxylic acids is 4. The molecular weight excluding hydrogens is 1700 g/mol. The summed E-state index contributed by atoms with van der Waals surface area (Å²) in [6, 6.07) is 33.3. The van der Waals surface area contributed by atoms with Gasteiger partial charge in [0.15, 0.2) is 19.8 Å². The van der Waals surface area contributed by atoms with Crippen LogP contribution in [0.4, 0.5) is 0 Å². The summed E-state index contributed by atoms with van der Waals surface area (Å²) in [4.78, 5) is 58.3. The van der Waals surface area contributed by atoms with Gasteiger partial charge in [0.05, 0.1) is 111 Å². The number of amides is 3. The standard InChI is InChI=1S/C49H79ClN6O12.C20H26O3.C18H22O3.C16H20O.Li.2H2O/c50-11-3-1-2-4-16-60-21-22-62-18-13-52-47(58)38-67-30-29-66-27-24-61-17-12-51-46(57)10-7-44-37-56(55-54-44)15-20-64-25-28-65-26-23-63-19-14-53-48(59)39-68-45-8-5-43(6-9-45)49-34-40-31-41(35-49)33-42(32-40)36-49;1-2-22-19(21)13-23-18-5-3-17(4-6-18)20-10-14-7-15(11-20)9-16(8-14)12-20;19-17(20)11-21-16-3-1-15(2-4-16)18-8-12-5-13(9-18)7-14(6-12)10-18;17-15-3-1-14(2-4-15)16-8-11-5-12(9-16)7-13(6-11)10-16;;;/h5-6,8-9,37,40-42H,1-4,7,10-36,38-39H2,(H,51,57)(H,52,58)(H,53,59);3-6,14-16H,2,7-13H2,1H3;1-4,12-14H,5-11H2,(H,19,20);1-4,11-13,17H,5-10H2;;2*1H2/q;;;;+1;;/p-1. The van der Waals surface area contributed by atoms with Gasteiger partial charge in [-0.15, -0.1) is 16.7 Å². The van der Waals surface area contributed by atoms with Crippen molar-refractivity contribution in [3.8, 4) is 23.0 Å². The number of phenols is 1. The number of aliphatic carboxylic acids is 1. The zero-order valence-corrected chi connectivity index (χ0v) is 79.4. The number of hydrogen-bond donors (Lipinski definition) is 5. The molecule has 4 aromatic carbocycles. The molecule has 0 atom stereocenters. The number of hydrogen-bond acceptors (Lipinski definition) is 21. The van der Waals surface area contributed by atoms with E-state index in [-0.39, 0.29) is 86.4 Å². The van der Waals surface area contributed by atoms with Crippen molar-refractivity contribution in [2.75, 3.05) is 158 Å². The van der Waals surface area contributed by atoms with E-state index in [1.807, 2.05) is 54.7 Å². The average molecular weight is 1850 g/mol. The first-order valence-electron chi connectivity index (χ1n) is 49.2. The largest absolute Gasteiger partial charge is 1.00 e. The molecule has 8 N–H and O–H groups in total. The number of benzene rings is 4. The van der Waals surface area contributed by atoms with Gasteiger partial charge in [0.1, 0.15) is 29.6 Å². The first-order chi connectivity index (χ1) is 62.9. The number of alkyl halides is 1. The number of carboxylic acid groups (broad SMARTS) is 1. The van der Waals surface area contributed by atoms with Crippen molar-refractivity contribution in [1.82, 2.24) is 30.9 Å². The van der Waals surface area contributed by atoms with E-state index in [0.717, 1.165) is 120 Å². The SMILES string of the molecule is CCOC(=O)COc1ccc(C23CC4CC(CC(C4)C2)C3)cc1.O.O=C(CCc1cn(CCOCCOCCOCCNC(=O)COc2ccc(C34CC5CC(CC(C5)C3)C4)cc2)nn1)NCCOCCOCCOCC(=O)NCCOCCOCCCCCCCl.O=C(O)COc1ccc(C23CC4CC(CC(C4)C2)C3)cc1.Oc1ccc(C23CC4CC(CC(C4)C2)C3)cc1.[Li+].[OH-]. The van der Waals surface area contributed by atoms with Crippen LogP contribution < -0.4 is 49.0 Å². The van der Waals surface area contributed by atoms with Gasteiger partial charge in [-0.05, 0) is 337 Å². The summed E-state index contributed by atoms with van der Waals surface area (Å²) in [5.74, 6) is 13.0. The third-order valence-corrected chi connectivity index (χ3v) is 30.3. The molecule has 132 heavy (non-hydrogen) atoms. The van der Waals surface area contributed by atoms with Crippen LogP contribution in [-0.4, -0.2) is 223 Å². The predicted octanol–water partition coefficient (Wildman–Crippen LogP) is 11.6. The summed E-state index contributed by atoms with van der Waals surface area (Å²) in [6.07, 6.45) is 40.9. The second-order valence-corrected chi connectivity index (χ2v) is 40.3. The molecular formula is C103H150ClLiN6O21. The third kappa shape index (κ3) is 31.8. The first kappa shape index (κ1) is 106. The number of ether oxygens (including phenoxy) is 12. The molecule has 0 saturated heterocycles.